The van der Waals surface area contributed by atoms with Crippen molar-refractivity contribution >= 4 is 0 Å². The molecule has 0 aromatic heterocycles. The molecule has 152 valence electrons. The van der Waals surface area contributed by atoms with Gasteiger partial charge in [0.25, 0.3) is 0 Å². The maximum atomic E-state index is 3.98. The number of quaternary nitrogens is 1. The summed E-state index contributed by atoms with van der Waals surface area (Å²) in [5.41, 5.74) is 0. The van der Waals surface area contributed by atoms with Crippen LogP contribution in [0, 0.1) is 0 Å². The SMILES string of the molecule is C=CC[N+](C)(C)C(CCCCCCCC)CCCCCCCCC.[Cl-]. The lowest BCUT2D eigenvalue weighted by molar-refractivity contribution is -0.910. The topological polar surface area (TPSA) is 0 Å². The van der Waals surface area contributed by atoms with E-state index in [1.165, 1.54) is 96.3 Å². The number of likely N-dealkylation sites (N-methyl/N-ethyl adjacent to an activating group) is 1. The summed E-state index contributed by atoms with van der Waals surface area (Å²) in [7, 11) is 4.81. The van der Waals surface area contributed by atoms with Crippen molar-refractivity contribution in [2.24, 2.45) is 0 Å². The number of unbranched alkanes of at least 4 members (excludes halogenated alkanes) is 11. The lowest BCUT2D eigenvalue weighted by atomic mass is 9.97. The number of hydrogen-bond acceptors (Lipinski definition) is 0. The standard InChI is InChI=1S/C23H48N.ClH/c1-6-9-11-13-15-17-19-21-23(24(4,5)22-8-3)20-18-16-14-12-10-7-2;/h8,23H,3,6-7,9-22H2,1-2,4-5H3;1H/q+1;/p-1. The Kier molecular flexibility index (Phi) is 20.4. The van der Waals surface area contributed by atoms with Gasteiger partial charge in [-0.25, -0.2) is 0 Å². The Labute approximate surface area is 166 Å². The summed E-state index contributed by atoms with van der Waals surface area (Å²) in [5.74, 6) is 0. The first-order valence-electron chi connectivity index (χ1n) is 11.0. The van der Waals surface area contributed by atoms with Gasteiger partial charge in [-0.2, -0.15) is 0 Å². The summed E-state index contributed by atoms with van der Waals surface area (Å²) >= 11 is 0. The van der Waals surface area contributed by atoms with Crippen LogP contribution in [-0.4, -0.2) is 31.2 Å². The molecule has 0 saturated carbocycles. The molecular formula is C23H48ClN. The van der Waals surface area contributed by atoms with Crippen LogP contribution in [0.15, 0.2) is 12.7 Å². The van der Waals surface area contributed by atoms with Crippen molar-refractivity contribution in [3.05, 3.63) is 12.7 Å². The molecule has 0 fully saturated rings. The van der Waals surface area contributed by atoms with Gasteiger partial charge in [-0.05, 0) is 31.8 Å². The average molecular weight is 374 g/mol. The minimum absolute atomic E-state index is 0. The van der Waals surface area contributed by atoms with Gasteiger partial charge in [0, 0.05) is 0 Å². The second-order valence-electron chi connectivity index (χ2n) is 8.37. The minimum atomic E-state index is 0. The van der Waals surface area contributed by atoms with E-state index in [1.54, 1.807) is 0 Å². The molecule has 0 radical (unpaired) electrons. The molecule has 0 aliphatic rings. The van der Waals surface area contributed by atoms with Crippen LogP contribution < -0.4 is 12.4 Å². The van der Waals surface area contributed by atoms with E-state index in [4.69, 9.17) is 0 Å². The minimum Gasteiger partial charge on any atom is -1.00 e. The third kappa shape index (κ3) is 15.9. The summed E-state index contributed by atoms with van der Waals surface area (Å²) in [6.07, 6.45) is 23.4. The lowest BCUT2D eigenvalue weighted by Gasteiger charge is -2.38. The first-order chi connectivity index (χ1) is 11.6. The van der Waals surface area contributed by atoms with Crippen molar-refractivity contribution in [2.75, 3.05) is 20.6 Å². The fourth-order valence-electron chi connectivity index (χ4n) is 3.82. The van der Waals surface area contributed by atoms with E-state index in [2.05, 4.69) is 40.6 Å². The van der Waals surface area contributed by atoms with Gasteiger partial charge in [-0.1, -0.05) is 91.1 Å². The van der Waals surface area contributed by atoms with Crippen LogP contribution in [0.4, 0.5) is 0 Å². The molecule has 0 N–H and O–H groups in total. The van der Waals surface area contributed by atoms with Gasteiger partial charge in [0.05, 0.1) is 26.7 Å². The first kappa shape index (κ1) is 27.2. The molecular weight excluding hydrogens is 326 g/mol. The molecule has 0 aromatic carbocycles. The van der Waals surface area contributed by atoms with Crippen LogP contribution in [-0.2, 0) is 0 Å². The molecule has 0 spiro atoms. The molecule has 0 aromatic rings. The second-order valence-corrected chi connectivity index (χ2v) is 8.37. The Morgan fingerprint density at radius 3 is 1.40 bits per heavy atom. The van der Waals surface area contributed by atoms with Gasteiger partial charge >= 0.3 is 0 Å². The molecule has 0 amide bonds. The van der Waals surface area contributed by atoms with Gasteiger partial charge < -0.3 is 16.9 Å². The number of hydrogen-bond donors (Lipinski definition) is 0. The zero-order valence-corrected chi connectivity index (χ0v) is 18.8. The van der Waals surface area contributed by atoms with Crippen molar-refractivity contribution in [3.8, 4) is 0 Å². The molecule has 25 heavy (non-hydrogen) atoms. The van der Waals surface area contributed by atoms with Crippen molar-refractivity contribution in [3.63, 3.8) is 0 Å². The molecule has 0 rings (SSSR count). The van der Waals surface area contributed by atoms with Gasteiger partial charge in [0.2, 0.25) is 0 Å². The Morgan fingerprint density at radius 1 is 0.680 bits per heavy atom. The van der Waals surface area contributed by atoms with E-state index in [0.29, 0.717) is 0 Å². The van der Waals surface area contributed by atoms with E-state index in [-0.39, 0.29) is 12.4 Å². The lowest BCUT2D eigenvalue weighted by Crippen LogP contribution is -3.00. The molecule has 1 atom stereocenters. The van der Waals surface area contributed by atoms with E-state index in [9.17, 15) is 0 Å². The van der Waals surface area contributed by atoms with E-state index in [1.807, 2.05) is 0 Å². The van der Waals surface area contributed by atoms with Crippen LogP contribution in [0.2, 0.25) is 0 Å². The fourth-order valence-corrected chi connectivity index (χ4v) is 3.82. The van der Waals surface area contributed by atoms with Crippen molar-refractivity contribution < 1.29 is 16.9 Å². The predicted molar refractivity (Wildman–Crippen MR) is 112 cm³/mol. The number of halogens is 1. The Hall–Kier alpha value is -0.0100. The predicted octanol–water partition coefficient (Wildman–Crippen LogP) is 4.51. The molecule has 0 saturated heterocycles. The monoisotopic (exact) mass is 373 g/mol. The Bertz CT molecular complexity index is 275. The van der Waals surface area contributed by atoms with Crippen LogP contribution in [0.1, 0.15) is 110 Å². The fraction of sp³-hybridized carbons (Fsp3) is 0.913. The van der Waals surface area contributed by atoms with E-state index < -0.39 is 0 Å². The first-order valence-corrected chi connectivity index (χ1v) is 11.0. The number of rotatable bonds is 18. The van der Waals surface area contributed by atoms with Gasteiger partial charge in [0.15, 0.2) is 0 Å². The largest absolute Gasteiger partial charge is 1.00 e. The molecule has 0 heterocycles. The smallest absolute Gasteiger partial charge is 0.0969 e. The van der Waals surface area contributed by atoms with E-state index in [0.717, 1.165) is 17.1 Å². The van der Waals surface area contributed by atoms with Crippen molar-refractivity contribution in [2.45, 2.75) is 116 Å². The third-order valence-electron chi connectivity index (χ3n) is 5.62. The van der Waals surface area contributed by atoms with Crippen molar-refractivity contribution in [1.29, 1.82) is 0 Å². The summed E-state index contributed by atoms with van der Waals surface area (Å²) in [6, 6.07) is 0.824. The molecule has 0 bridgehead atoms. The molecule has 1 unspecified atom stereocenters. The summed E-state index contributed by atoms with van der Waals surface area (Å²) in [4.78, 5) is 0. The maximum Gasteiger partial charge on any atom is 0.0969 e. The summed E-state index contributed by atoms with van der Waals surface area (Å²) < 4.78 is 1.13. The molecule has 0 aliphatic carbocycles. The second kappa shape index (κ2) is 18.8. The maximum absolute atomic E-state index is 3.98. The third-order valence-corrected chi connectivity index (χ3v) is 5.62. The van der Waals surface area contributed by atoms with Crippen LogP contribution in [0.3, 0.4) is 0 Å². The molecule has 2 heteroatoms. The van der Waals surface area contributed by atoms with E-state index >= 15 is 0 Å². The highest BCUT2D eigenvalue weighted by Gasteiger charge is 2.25. The van der Waals surface area contributed by atoms with Crippen molar-refractivity contribution in [1.82, 2.24) is 0 Å². The number of nitrogens with zero attached hydrogens (tertiary/aromatic N) is 1. The molecule has 0 aliphatic heterocycles. The van der Waals surface area contributed by atoms with Crippen LogP contribution in [0.5, 0.6) is 0 Å². The zero-order valence-electron chi connectivity index (χ0n) is 18.0. The Morgan fingerprint density at radius 2 is 1.04 bits per heavy atom. The highest BCUT2D eigenvalue weighted by Crippen LogP contribution is 2.22. The summed E-state index contributed by atoms with van der Waals surface area (Å²) in [6.45, 7) is 9.69. The highest BCUT2D eigenvalue weighted by atomic mass is 35.5. The zero-order chi connectivity index (χ0) is 18.1. The van der Waals surface area contributed by atoms with Crippen LogP contribution in [0.25, 0.3) is 0 Å². The summed E-state index contributed by atoms with van der Waals surface area (Å²) in [5, 5.41) is 0. The van der Waals surface area contributed by atoms with Gasteiger partial charge in [-0.3, -0.25) is 0 Å². The van der Waals surface area contributed by atoms with Crippen LogP contribution >= 0.6 is 0 Å². The van der Waals surface area contributed by atoms with Gasteiger partial charge in [0.1, 0.15) is 0 Å². The normalized spacial score (nSPS) is 12.6. The Balaban J connectivity index is 0. The molecule has 1 nitrogen and oxygen atoms in total. The highest BCUT2D eigenvalue weighted by molar-refractivity contribution is 4.69. The van der Waals surface area contributed by atoms with Gasteiger partial charge in [-0.15, -0.1) is 0 Å². The quantitative estimate of drug-likeness (QED) is 0.188. The average Bonchev–Trinajstić information content (AvgIpc) is 2.55.